The molecule has 0 aliphatic heterocycles. The van der Waals surface area contributed by atoms with Gasteiger partial charge in [-0.25, -0.2) is 4.98 Å². The second kappa shape index (κ2) is 6.05. The van der Waals surface area contributed by atoms with E-state index in [1.54, 1.807) is 20.3 Å². The summed E-state index contributed by atoms with van der Waals surface area (Å²) in [6, 6.07) is 1.88. The number of hydrogen-bond donors (Lipinski definition) is 3. The molecule has 0 aromatic carbocycles. The van der Waals surface area contributed by atoms with Crippen molar-refractivity contribution in [2.75, 3.05) is 32.2 Å². The van der Waals surface area contributed by atoms with Crippen LogP contribution in [0.5, 0.6) is 0 Å². The molecule has 0 aliphatic rings. The number of hydrogen-bond acceptors (Lipinski definition) is 5. The maximum atomic E-state index is 5.92. The van der Waals surface area contributed by atoms with E-state index in [1.165, 1.54) is 0 Å². The van der Waals surface area contributed by atoms with Crippen molar-refractivity contribution in [1.29, 1.82) is 0 Å². The second-order valence-electron chi connectivity index (χ2n) is 3.98. The van der Waals surface area contributed by atoms with Crippen molar-refractivity contribution in [3.05, 3.63) is 29.1 Å². The first-order chi connectivity index (χ1) is 8.54. The highest BCUT2D eigenvalue weighted by Crippen LogP contribution is 2.19. The molecular weight excluding hydrogens is 226 g/mol. The van der Waals surface area contributed by atoms with Crippen LogP contribution in [-0.4, -0.2) is 31.8 Å². The van der Waals surface area contributed by atoms with Gasteiger partial charge in [0.2, 0.25) is 0 Å². The molecule has 1 heterocycles. The van der Waals surface area contributed by atoms with Gasteiger partial charge in [-0.1, -0.05) is 0 Å². The number of aliphatic imine (C=N–C) groups is 1. The van der Waals surface area contributed by atoms with Crippen LogP contribution in [0.4, 0.5) is 11.5 Å². The van der Waals surface area contributed by atoms with Crippen LogP contribution in [0.1, 0.15) is 19.4 Å². The molecule has 0 saturated carbocycles. The van der Waals surface area contributed by atoms with E-state index in [0.717, 1.165) is 22.5 Å². The van der Waals surface area contributed by atoms with E-state index >= 15 is 0 Å². The summed E-state index contributed by atoms with van der Waals surface area (Å²) in [6.07, 6.45) is 1.77. The molecule has 4 N–H and O–H groups in total. The molecule has 0 aliphatic carbocycles. The Labute approximate surface area is 108 Å². The van der Waals surface area contributed by atoms with Gasteiger partial charge in [0.05, 0.1) is 11.4 Å². The van der Waals surface area contributed by atoms with Crippen molar-refractivity contribution in [2.24, 2.45) is 4.99 Å². The van der Waals surface area contributed by atoms with Gasteiger partial charge in [-0.3, -0.25) is 4.99 Å². The number of aromatic nitrogens is 1. The summed E-state index contributed by atoms with van der Waals surface area (Å²) in [6.45, 7) is 4.04. The van der Waals surface area contributed by atoms with Gasteiger partial charge in [-0.05, 0) is 25.5 Å². The van der Waals surface area contributed by atoms with Crippen LogP contribution in [0.15, 0.2) is 28.5 Å². The molecule has 5 heteroatoms. The number of allylic oxidation sites excluding steroid dienone is 2. The SMILES string of the molecule is C/N=C(\C(C)=C(/C)NC)c1cnc(NC)c(N)c1. The molecule has 18 heavy (non-hydrogen) atoms. The zero-order valence-electron chi connectivity index (χ0n) is 11.6. The smallest absolute Gasteiger partial charge is 0.148 e. The molecule has 0 radical (unpaired) electrons. The lowest BCUT2D eigenvalue weighted by Gasteiger charge is -2.12. The molecule has 1 rings (SSSR count). The molecule has 0 bridgehead atoms. The Morgan fingerprint density at radius 2 is 2.00 bits per heavy atom. The molecule has 0 fully saturated rings. The first-order valence-electron chi connectivity index (χ1n) is 5.81. The zero-order valence-corrected chi connectivity index (χ0v) is 11.6. The van der Waals surface area contributed by atoms with Crippen molar-refractivity contribution in [1.82, 2.24) is 10.3 Å². The van der Waals surface area contributed by atoms with Crippen LogP contribution in [0.3, 0.4) is 0 Å². The Kier molecular flexibility index (Phi) is 4.71. The third-order valence-corrected chi connectivity index (χ3v) is 2.94. The van der Waals surface area contributed by atoms with Crippen LogP contribution in [0.2, 0.25) is 0 Å². The number of nitrogens with zero attached hydrogens (tertiary/aromatic N) is 2. The molecule has 1 aromatic rings. The van der Waals surface area contributed by atoms with Crippen molar-refractivity contribution >= 4 is 17.2 Å². The summed E-state index contributed by atoms with van der Waals surface area (Å²) >= 11 is 0. The molecule has 0 unspecified atom stereocenters. The number of nitrogens with one attached hydrogen (secondary N) is 2. The molecule has 5 nitrogen and oxygen atoms in total. The van der Waals surface area contributed by atoms with Gasteiger partial charge >= 0.3 is 0 Å². The molecular formula is C13H21N5. The zero-order chi connectivity index (χ0) is 13.7. The Bertz CT molecular complexity index is 488. The van der Waals surface area contributed by atoms with Crippen molar-refractivity contribution in [2.45, 2.75) is 13.8 Å². The number of nitrogen functional groups attached to an aromatic ring is 1. The fourth-order valence-corrected chi connectivity index (χ4v) is 1.70. The van der Waals surface area contributed by atoms with E-state index in [-0.39, 0.29) is 0 Å². The first kappa shape index (κ1) is 14.0. The van der Waals surface area contributed by atoms with E-state index in [4.69, 9.17) is 5.73 Å². The van der Waals surface area contributed by atoms with Crippen LogP contribution < -0.4 is 16.4 Å². The van der Waals surface area contributed by atoms with Crippen LogP contribution in [0, 0.1) is 0 Å². The topological polar surface area (TPSA) is 75.3 Å². The third-order valence-electron chi connectivity index (χ3n) is 2.94. The van der Waals surface area contributed by atoms with Gasteiger partial charge in [-0.15, -0.1) is 0 Å². The van der Waals surface area contributed by atoms with Crippen LogP contribution in [-0.2, 0) is 0 Å². The molecule has 1 aromatic heterocycles. The molecule has 0 atom stereocenters. The second-order valence-corrected chi connectivity index (χ2v) is 3.98. The summed E-state index contributed by atoms with van der Waals surface area (Å²) < 4.78 is 0. The number of anilines is 2. The Morgan fingerprint density at radius 3 is 2.44 bits per heavy atom. The third kappa shape index (κ3) is 2.80. The Hall–Kier alpha value is -2.04. The Balaban J connectivity index is 3.24. The maximum Gasteiger partial charge on any atom is 0.148 e. The summed E-state index contributed by atoms with van der Waals surface area (Å²) in [7, 11) is 5.45. The lowest BCUT2D eigenvalue weighted by Crippen LogP contribution is -2.13. The quantitative estimate of drug-likeness (QED) is 0.707. The number of pyridine rings is 1. The monoisotopic (exact) mass is 247 g/mol. The van der Waals surface area contributed by atoms with Crippen LogP contribution in [0.25, 0.3) is 0 Å². The van der Waals surface area contributed by atoms with E-state index in [2.05, 4.69) is 20.6 Å². The van der Waals surface area contributed by atoms with Gasteiger partial charge in [0.1, 0.15) is 5.82 Å². The Morgan fingerprint density at radius 1 is 1.33 bits per heavy atom. The highest BCUT2D eigenvalue weighted by atomic mass is 15.0. The lowest BCUT2D eigenvalue weighted by atomic mass is 10.0. The molecule has 0 saturated heterocycles. The summed E-state index contributed by atoms with van der Waals surface area (Å²) in [4.78, 5) is 8.60. The van der Waals surface area contributed by atoms with Crippen molar-refractivity contribution < 1.29 is 0 Å². The predicted molar refractivity (Wildman–Crippen MR) is 78.1 cm³/mol. The van der Waals surface area contributed by atoms with Crippen molar-refractivity contribution in [3.8, 4) is 0 Å². The summed E-state index contributed by atoms with van der Waals surface area (Å²) in [5.74, 6) is 0.682. The van der Waals surface area contributed by atoms with Gasteiger partial charge in [-0.2, -0.15) is 0 Å². The van der Waals surface area contributed by atoms with E-state index in [9.17, 15) is 0 Å². The average molecular weight is 247 g/mol. The summed E-state index contributed by atoms with van der Waals surface area (Å²) in [5.41, 5.74) is 10.5. The van der Waals surface area contributed by atoms with Gasteiger partial charge in [0.25, 0.3) is 0 Å². The van der Waals surface area contributed by atoms with Crippen LogP contribution >= 0.6 is 0 Å². The minimum atomic E-state index is 0.617. The van der Waals surface area contributed by atoms with E-state index < -0.39 is 0 Å². The number of rotatable bonds is 4. The minimum absolute atomic E-state index is 0.617. The standard InChI is InChI=1S/C13H21N5/c1-8(9(2)15-3)12(16-4)10-6-11(14)13(17-5)18-7-10/h6-7,15H,14H2,1-5H3,(H,17,18)/b9-8+,16-12+. The van der Waals surface area contributed by atoms with E-state index in [0.29, 0.717) is 11.5 Å². The van der Waals surface area contributed by atoms with Gasteiger partial charge in [0, 0.05) is 38.6 Å². The molecule has 98 valence electrons. The van der Waals surface area contributed by atoms with Crippen molar-refractivity contribution in [3.63, 3.8) is 0 Å². The van der Waals surface area contributed by atoms with E-state index in [1.807, 2.05) is 27.0 Å². The highest BCUT2D eigenvalue weighted by Gasteiger charge is 2.10. The average Bonchev–Trinajstić information content (AvgIpc) is 2.38. The first-order valence-corrected chi connectivity index (χ1v) is 5.81. The molecule has 0 amide bonds. The fraction of sp³-hybridized carbons (Fsp3) is 0.385. The number of nitrogens with two attached hydrogens (primary N) is 1. The largest absolute Gasteiger partial charge is 0.396 e. The summed E-state index contributed by atoms with van der Waals surface area (Å²) in [5, 5.41) is 6.06. The molecule has 0 spiro atoms. The normalized spacial score (nSPS) is 13.1. The lowest BCUT2D eigenvalue weighted by molar-refractivity contribution is 0.973. The fourth-order valence-electron chi connectivity index (χ4n) is 1.70. The minimum Gasteiger partial charge on any atom is -0.396 e. The van der Waals surface area contributed by atoms with Gasteiger partial charge in [0.15, 0.2) is 0 Å². The maximum absolute atomic E-state index is 5.92. The van der Waals surface area contributed by atoms with Gasteiger partial charge < -0.3 is 16.4 Å². The highest BCUT2D eigenvalue weighted by molar-refractivity contribution is 6.13. The predicted octanol–water partition coefficient (Wildman–Crippen LogP) is 1.64.